The summed E-state index contributed by atoms with van der Waals surface area (Å²) in [6.07, 6.45) is 0. The Morgan fingerprint density at radius 1 is 1.00 bits per heavy atom. The van der Waals surface area contributed by atoms with Gasteiger partial charge in [0.2, 0.25) is 5.91 Å². The fourth-order valence-electron chi connectivity index (χ4n) is 3.40. The van der Waals surface area contributed by atoms with Crippen LogP contribution in [0.3, 0.4) is 0 Å². The van der Waals surface area contributed by atoms with Crippen molar-refractivity contribution in [1.82, 2.24) is 9.80 Å². The molecule has 1 fully saturated rings. The first-order valence-electron chi connectivity index (χ1n) is 9.71. The topological polar surface area (TPSA) is 90.7 Å². The van der Waals surface area contributed by atoms with Gasteiger partial charge in [0.1, 0.15) is 11.5 Å². The molecular weight excluding hydrogens is 402 g/mol. The summed E-state index contributed by atoms with van der Waals surface area (Å²) >= 11 is 0. The molecule has 0 saturated carbocycles. The van der Waals surface area contributed by atoms with Crippen molar-refractivity contribution in [2.24, 2.45) is 0 Å². The van der Waals surface area contributed by atoms with Crippen LogP contribution in [0.4, 0.5) is 0 Å². The Morgan fingerprint density at radius 2 is 1.60 bits per heavy atom. The molecule has 7 nitrogen and oxygen atoms in total. The maximum absolute atomic E-state index is 12.5. The van der Waals surface area contributed by atoms with Crippen molar-refractivity contribution in [3.05, 3.63) is 65.2 Å². The van der Waals surface area contributed by atoms with Gasteiger partial charge in [0.25, 0.3) is 0 Å². The van der Waals surface area contributed by atoms with Gasteiger partial charge in [-0.2, -0.15) is 5.26 Å². The number of sulfone groups is 1. The van der Waals surface area contributed by atoms with Crippen LogP contribution in [0.5, 0.6) is 5.75 Å². The summed E-state index contributed by atoms with van der Waals surface area (Å²) in [5.41, 5.74) is 2.21. The highest BCUT2D eigenvalue weighted by atomic mass is 32.2. The fourth-order valence-corrected chi connectivity index (χ4v) is 4.77. The van der Waals surface area contributed by atoms with Crippen LogP contribution in [0.15, 0.2) is 48.5 Å². The van der Waals surface area contributed by atoms with E-state index in [-0.39, 0.29) is 11.7 Å². The van der Waals surface area contributed by atoms with Gasteiger partial charge in [0, 0.05) is 32.7 Å². The Kier molecular flexibility index (Phi) is 7.08. The summed E-state index contributed by atoms with van der Waals surface area (Å²) in [6, 6.07) is 16.3. The molecule has 1 aliphatic rings. The molecule has 2 aromatic rings. The van der Waals surface area contributed by atoms with Gasteiger partial charge >= 0.3 is 0 Å². The van der Waals surface area contributed by atoms with Crippen LogP contribution < -0.4 is 4.74 Å². The van der Waals surface area contributed by atoms with E-state index in [9.17, 15) is 13.2 Å². The Labute approximate surface area is 177 Å². The quantitative estimate of drug-likeness (QED) is 0.670. The molecule has 1 aliphatic heterocycles. The predicted molar refractivity (Wildman–Crippen MR) is 113 cm³/mol. The average Bonchev–Trinajstić information content (AvgIpc) is 2.74. The van der Waals surface area contributed by atoms with Crippen LogP contribution in [-0.2, 0) is 26.9 Å². The minimum Gasteiger partial charge on any atom is -0.497 e. The number of methoxy groups -OCH3 is 1. The Morgan fingerprint density at radius 3 is 2.17 bits per heavy atom. The van der Waals surface area contributed by atoms with Crippen LogP contribution in [0.2, 0.25) is 0 Å². The van der Waals surface area contributed by atoms with Crippen molar-refractivity contribution < 1.29 is 17.9 Å². The Bertz CT molecular complexity index is 1000. The molecule has 1 heterocycles. The second-order valence-corrected chi connectivity index (χ2v) is 9.41. The molecule has 0 N–H and O–H groups in total. The first-order valence-corrected chi connectivity index (χ1v) is 11.5. The van der Waals surface area contributed by atoms with E-state index in [0.29, 0.717) is 37.3 Å². The second-order valence-electron chi connectivity index (χ2n) is 7.35. The number of nitrogens with zero attached hydrogens (tertiary/aromatic N) is 3. The van der Waals surface area contributed by atoms with Crippen molar-refractivity contribution in [2.45, 2.75) is 12.3 Å². The van der Waals surface area contributed by atoms with Gasteiger partial charge in [0.15, 0.2) is 9.84 Å². The normalized spacial score (nSPS) is 14.9. The van der Waals surface area contributed by atoms with E-state index in [4.69, 9.17) is 10.00 Å². The molecule has 0 unspecified atom stereocenters. The zero-order valence-electron chi connectivity index (χ0n) is 17.0. The molecule has 2 aromatic carbocycles. The van der Waals surface area contributed by atoms with Crippen LogP contribution in [0, 0.1) is 11.3 Å². The highest BCUT2D eigenvalue weighted by molar-refractivity contribution is 7.91. The number of ether oxygens (including phenoxy) is 1. The van der Waals surface area contributed by atoms with E-state index < -0.39 is 15.6 Å². The zero-order chi connectivity index (χ0) is 21.6. The highest BCUT2D eigenvalue weighted by Gasteiger charge is 2.25. The monoisotopic (exact) mass is 427 g/mol. The molecule has 0 spiro atoms. The highest BCUT2D eigenvalue weighted by Crippen LogP contribution is 2.15. The third kappa shape index (κ3) is 6.05. The number of carbonyl (C=O) groups is 1. The number of benzene rings is 2. The number of carbonyl (C=O) groups excluding carboxylic acids is 1. The van der Waals surface area contributed by atoms with Gasteiger partial charge in [0.05, 0.1) is 24.5 Å². The predicted octanol–water partition coefficient (Wildman–Crippen LogP) is 1.83. The molecule has 1 saturated heterocycles. The summed E-state index contributed by atoms with van der Waals surface area (Å²) in [6.45, 7) is 3.21. The summed E-state index contributed by atoms with van der Waals surface area (Å²) in [5.74, 6) is -0.239. The largest absolute Gasteiger partial charge is 0.497 e. The molecule has 0 aliphatic carbocycles. The van der Waals surface area contributed by atoms with E-state index in [1.807, 2.05) is 30.3 Å². The SMILES string of the molecule is COc1ccc(CN2CCN(C(=O)CS(=O)(=O)Cc3ccc(C#N)cc3)CC2)cc1. The lowest BCUT2D eigenvalue weighted by molar-refractivity contribution is -0.130. The second kappa shape index (κ2) is 9.74. The first kappa shape index (κ1) is 21.8. The number of amides is 1. The molecule has 0 radical (unpaired) electrons. The third-order valence-corrected chi connectivity index (χ3v) is 6.56. The Balaban J connectivity index is 1.48. The standard InChI is InChI=1S/C22H25N3O4S/c1-29-21-8-6-19(7-9-21)15-24-10-12-25(13-11-24)22(26)17-30(27,28)16-20-4-2-18(14-23)3-5-20/h2-9H,10-13,15-17H2,1H3. The molecule has 0 aromatic heterocycles. The fraction of sp³-hybridized carbons (Fsp3) is 0.364. The molecule has 158 valence electrons. The smallest absolute Gasteiger partial charge is 0.237 e. The van der Waals surface area contributed by atoms with E-state index >= 15 is 0 Å². The van der Waals surface area contributed by atoms with Crippen LogP contribution in [0.25, 0.3) is 0 Å². The number of piperazine rings is 1. The number of hydrogen-bond donors (Lipinski definition) is 0. The molecule has 1 amide bonds. The van der Waals surface area contributed by atoms with Crippen LogP contribution in [0.1, 0.15) is 16.7 Å². The van der Waals surface area contributed by atoms with Crippen molar-refractivity contribution in [3.8, 4) is 11.8 Å². The van der Waals surface area contributed by atoms with Crippen LogP contribution in [-0.4, -0.2) is 63.2 Å². The summed E-state index contributed by atoms with van der Waals surface area (Å²) in [7, 11) is -1.94. The minimum absolute atomic E-state index is 0.206. The lowest BCUT2D eigenvalue weighted by Gasteiger charge is -2.34. The summed E-state index contributed by atoms with van der Waals surface area (Å²) in [4.78, 5) is 16.4. The van der Waals surface area contributed by atoms with Crippen LogP contribution >= 0.6 is 0 Å². The maximum Gasteiger partial charge on any atom is 0.237 e. The van der Waals surface area contributed by atoms with E-state index in [0.717, 1.165) is 12.3 Å². The molecular formula is C22H25N3O4S. The number of rotatable bonds is 7. The molecule has 30 heavy (non-hydrogen) atoms. The van der Waals surface area contributed by atoms with Crippen molar-refractivity contribution >= 4 is 15.7 Å². The van der Waals surface area contributed by atoms with Gasteiger partial charge < -0.3 is 9.64 Å². The van der Waals surface area contributed by atoms with Crippen molar-refractivity contribution in [1.29, 1.82) is 5.26 Å². The van der Waals surface area contributed by atoms with E-state index in [1.165, 1.54) is 5.56 Å². The maximum atomic E-state index is 12.5. The summed E-state index contributed by atoms with van der Waals surface area (Å²) in [5, 5.41) is 8.82. The summed E-state index contributed by atoms with van der Waals surface area (Å²) < 4.78 is 30.0. The van der Waals surface area contributed by atoms with E-state index in [1.54, 1.807) is 36.3 Å². The lowest BCUT2D eigenvalue weighted by atomic mass is 10.2. The zero-order valence-corrected chi connectivity index (χ0v) is 17.8. The van der Waals surface area contributed by atoms with Gasteiger partial charge in [-0.25, -0.2) is 8.42 Å². The van der Waals surface area contributed by atoms with Gasteiger partial charge in [-0.1, -0.05) is 24.3 Å². The van der Waals surface area contributed by atoms with Gasteiger partial charge in [-0.05, 0) is 35.4 Å². The molecule has 0 bridgehead atoms. The average molecular weight is 428 g/mol. The molecule has 0 atom stereocenters. The van der Waals surface area contributed by atoms with Gasteiger partial charge in [-0.15, -0.1) is 0 Å². The minimum atomic E-state index is -3.57. The molecule has 3 rings (SSSR count). The number of hydrogen-bond acceptors (Lipinski definition) is 6. The van der Waals surface area contributed by atoms with E-state index in [2.05, 4.69) is 4.90 Å². The third-order valence-electron chi connectivity index (χ3n) is 5.10. The van der Waals surface area contributed by atoms with Crippen molar-refractivity contribution in [2.75, 3.05) is 39.0 Å². The van der Waals surface area contributed by atoms with Crippen molar-refractivity contribution in [3.63, 3.8) is 0 Å². The first-order chi connectivity index (χ1) is 14.4. The Hall–Kier alpha value is -2.89. The lowest BCUT2D eigenvalue weighted by Crippen LogP contribution is -2.49. The molecule has 8 heteroatoms. The van der Waals surface area contributed by atoms with Gasteiger partial charge in [-0.3, -0.25) is 9.69 Å². The number of nitriles is 1.